The smallest absolute Gasteiger partial charge is 0.233 e. The molecule has 1 aliphatic carbocycles. The molecule has 1 aromatic heterocycles. The first kappa shape index (κ1) is 13.4. The molecule has 0 bridgehead atoms. The van der Waals surface area contributed by atoms with Gasteiger partial charge in [-0.25, -0.2) is 0 Å². The summed E-state index contributed by atoms with van der Waals surface area (Å²) in [4.78, 5) is 12.1. The molecule has 18 heavy (non-hydrogen) atoms. The fourth-order valence-corrected chi connectivity index (χ4v) is 2.96. The fraction of sp³-hybridized carbons (Fsp3) is 0.750. The Bertz CT molecular complexity index is 401. The Balaban J connectivity index is 1.83. The van der Waals surface area contributed by atoms with Crippen LogP contribution in [0.3, 0.4) is 0 Å². The Morgan fingerprint density at radius 3 is 2.83 bits per heavy atom. The van der Waals surface area contributed by atoms with E-state index in [0.717, 1.165) is 18.0 Å². The quantitative estimate of drug-likeness (QED) is 0.845. The number of carbonyl (C=O) groups excluding carboxylic acids is 1. The second-order valence-electron chi connectivity index (χ2n) is 4.83. The molecule has 5 nitrogen and oxygen atoms in total. The van der Waals surface area contributed by atoms with E-state index in [1.807, 2.05) is 18.5 Å². The van der Waals surface area contributed by atoms with Gasteiger partial charge in [0.05, 0.1) is 5.25 Å². The molecule has 0 aliphatic heterocycles. The van der Waals surface area contributed by atoms with Gasteiger partial charge in [-0.2, -0.15) is 0 Å². The van der Waals surface area contributed by atoms with Gasteiger partial charge in [0.2, 0.25) is 5.91 Å². The van der Waals surface area contributed by atoms with Crippen LogP contribution in [0.5, 0.6) is 0 Å². The zero-order valence-electron chi connectivity index (χ0n) is 10.9. The lowest BCUT2D eigenvalue weighted by Crippen LogP contribution is -2.40. The van der Waals surface area contributed by atoms with E-state index in [0.29, 0.717) is 6.04 Å². The summed E-state index contributed by atoms with van der Waals surface area (Å²) in [6.07, 6.45) is 7.65. The maximum atomic E-state index is 12.1. The number of nitrogens with zero attached hydrogens (tertiary/aromatic N) is 3. The maximum absolute atomic E-state index is 12.1. The molecule has 0 spiro atoms. The third-order valence-corrected chi connectivity index (χ3v) is 4.42. The van der Waals surface area contributed by atoms with E-state index in [1.165, 1.54) is 31.0 Å². The first-order valence-electron chi connectivity index (χ1n) is 6.48. The Morgan fingerprint density at radius 1 is 1.50 bits per heavy atom. The SMILES string of the molecule is CC(Sc1nncn1C)C(=O)NC1CCCCC1. The predicted molar refractivity (Wildman–Crippen MR) is 71.3 cm³/mol. The summed E-state index contributed by atoms with van der Waals surface area (Å²) < 4.78 is 1.83. The molecule has 1 saturated carbocycles. The van der Waals surface area contributed by atoms with Crippen LogP contribution in [0, 0.1) is 0 Å². The normalized spacial score (nSPS) is 18.6. The van der Waals surface area contributed by atoms with E-state index in [1.54, 1.807) is 6.33 Å². The van der Waals surface area contributed by atoms with E-state index in [-0.39, 0.29) is 11.2 Å². The molecule has 0 aromatic carbocycles. The summed E-state index contributed by atoms with van der Waals surface area (Å²) in [7, 11) is 1.88. The second-order valence-corrected chi connectivity index (χ2v) is 6.14. The lowest BCUT2D eigenvalue weighted by atomic mass is 9.95. The zero-order valence-corrected chi connectivity index (χ0v) is 11.7. The van der Waals surface area contributed by atoms with Crippen LogP contribution in [0.15, 0.2) is 11.5 Å². The van der Waals surface area contributed by atoms with Crippen molar-refractivity contribution in [1.82, 2.24) is 20.1 Å². The van der Waals surface area contributed by atoms with Crippen LogP contribution >= 0.6 is 11.8 Å². The summed E-state index contributed by atoms with van der Waals surface area (Å²) in [5.41, 5.74) is 0. The monoisotopic (exact) mass is 268 g/mol. The lowest BCUT2D eigenvalue weighted by molar-refractivity contribution is -0.121. The topological polar surface area (TPSA) is 59.8 Å². The van der Waals surface area contributed by atoms with Gasteiger partial charge in [-0.05, 0) is 19.8 Å². The fourth-order valence-electron chi connectivity index (χ4n) is 2.16. The standard InChI is InChI=1S/C12H20N4OS/c1-9(18-12-15-13-8-16(12)2)11(17)14-10-6-4-3-5-7-10/h8-10H,3-7H2,1-2H3,(H,14,17). The van der Waals surface area contributed by atoms with Crippen LogP contribution in [0.1, 0.15) is 39.0 Å². The van der Waals surface area contributed by atoms with E-state index in [9.17, 15) is 4.79 Å². The minimum atomic E-state index is -0.130. The minimum Gasteiger partial charge on any atom is -0.352 e. The van der Waals surface area contributed by atoms with Crippen LogP contribution in [0.4, 0.5) is 0 Å². The molecule has 1 unspecified atom stereocenters. The summed E-state index contributed by atoms with van der Waals surface area (Å²) in [6.45, 7) is 1.91. The molecule has 1 aliphatic rings. The van der Waals surface area contributed by atoms with E-state index >= 15 is 0 Å². The molecular formula is C12H20N4OS. The molecule has 2 rings (SSSR count). The van der Waals surface area contributed by atoms with Crippen molar-refractivity contribution in [2.24, 2.45) is 7.05 Å². The number of hydrogen-bond acceptors (Lipinski definition) is 4. The predicted octanol–water partition coefficient (Wildman–Crippen LogP) is 1.74. The van der Waals surface area contributed by atoms with E-state index in [2.05, 4.69) is 15.5 Å². The van der Waals surface area contributed by atoms with Crippen LogP contribution in [0.25, 0.3) is 0 Å². The van der Waals surface area contributed by atoms with Gasteiger partial charge in [0.1, 0.15) is 6.33 Å². The van der Waals surface area contributed by atoms with Crippen molar-refractivity contribution in [2.75, 3.05) is 0 Å². The maximum Gasteiger partial charge on any atom is 0.233 e. The largest absolute Gasteiger partial charge is 0.352 e. The molecule has 1 heterocycles. The second kappa shape index (κ2) is 6.22. The molecule has 1 atom stereocenters. The average molecular weight is 268 g/mol. The van der Waals surface area contributed by atoms with Crippen LogP contribution in [0.2, 0.25) is 0 Å². The molecule has 0 saturated heterocycles. The molecule has 100 valence electrons. The zero-order chi connectivity index (χ0) is 13.0. The Hall–Kier alpha value is -1.04. The van der Waals surface area contributed by atoms with Gasteiger partial charge in [0.25, 0.3) is 0 Å². The Labute approximate surface area is 112 Å². The van der Waals surface area contributed by atoms with Crippen molar-refractivity contribution in [3.63, 3.8) is 0 Å². The van der Waals surface area contributed by atoms with Crippen molar-refractivity contribution in [3.8, 4) is 0 Å². The highest BCUT2D eigenvalue weighted by molar-refractivity contribution is 8.00. The highest BCUT2D eigenvalue weighted by atomic mass is 32.2. The molecule has 1 aromatic rings. The van der Waals surface area contributed by atoms with Crippen LogP contribution < -0.4 is 5.32 Å². The Kier molecular flexibility index (Phi) is 4.63. The third-order valence-electron chi connectivity index (χ3n) is 3.27. The number of aryl methyl sites for hydroxylation is 1. The van der Waals surface area contributed by atoms with Crippen molar-refractivity contribution >= 4 is 17.7 Å². The number of thioether (sulfide) groups is 1. The number of hydrogen-bond donors (Lipinski definition) is 1. The Morgan fingerprint density at radius 2 is 2.22 bits per heavy atom. The molecule has 6 heteroatoms. The first-order valence-corrected chi connectivity index (χ1v) is 7.36. The van der Waals surface area contributed by atoms with Gasteiger partial charge in [0, 0.05) is 13.1 Å². The molecular weight excluding hydrogens is 248 g/mol. The number of rotatable bonds is 4. The molecule has 0 radical (unpaired) electrons. The number of aromatic nitrogens is 3. The summed E-state index contributed by atoms with van der Waals surface area (Å²) in [5.74, 6) is 0.106. The van der Waals surface area contributed by atoms with Gasteiger partial charge < -0.3 is 9.88 Å². The first-order chi connectivity index (χ1) is 8.66. The number of nitrogens with one attached hydrogen (secondary N) is 1. The van der Waals surface area contributed by atoms with Crippen molar-refractivity contribution in [2.45, 2.75) is 55.5 Å². The van der Waals surface area contributed by atoms with E-state index in [4.69, 9.17) is 0 Å². The van der Waals surface area contributed by atoms with Crippen molar-refractivity contribution < 1.29 is 4.79 Å². The van der Waals surface area contributed by atoms with Crippen LogP contribution in [-0.4, -0.2) is 32.0 Å². The van der Waals surface area contributed by atoms with Crippen molar-refractivity contribution in [1.29, 1.82) is 0 Å². The van der Waals surface area contributed by atoms with Crippen molar-refractivity contribution in [3.05, 3.63) is 6.33 Å². The number of carbonyl (C=O) groups is 1. The van der Waals surface area contributed by atoms with Gasteiger partial charge in [-0.15, -0.1) is 10.2 Å². The van der Waals surface area contributed by atoms with Gasteiger partial charge in [-0.1, -0.05) is 31.0 Å². The summed E-state index contributed by atoms with van der Waals surface area (Å²) in [5, 5.41) is 11.6. The number of amides is 1. The summed E-state index contributed by atoms with van der Waals surface area (Å²) >= 11 is 1.45. The average Bonchev–Trinajstić information content (AvgIpc) is 2.76. The summed E-state index contributed by atoms with van der Waals surface area (Å²) in [6, 6.07) is 0.369. The van der Waals surface area contributed by atoms with E-state index < -0.39 is 0 Å². The lowest BCUT2D eigenvalue weighted by Gasteiger charge is -2.24. The highest BCUT2D eigenvalue weighted by Crippen LogP contribution is 2.22. The molecule has 1 amide bonds. The minimum absolute atomic E-state index is 0.106. The van der Waals surface area contributed by atoms with Gasteiger partial charge in [0.15, 0.2) is 5.16 Å². The van der Waals surface area contributed by atoms with Crippen LogP contribution in [-0.2, 0) is 11.8 Å². The third kappa shape index (κ3) is 3.48. The van der Waals surface area contributed by atoms with Gasteiger partial charge >= 0.3 is 0 Å². The van der Waals surface area contributed by atoms with Gasteiger partial charge in [-0.3, -0.25) is 4.79 Å². The molecule has 1 N–H and O–H groups in total. The molecule has 1 fully saturated rings. The highest BCUT2D eigenvalue weighted by Gasteiger charge is 2.21.